The zero-order chi connectivity index (χ0) is 35.0. The van der Waals surface area contributed by atoms with Gasteiger partial charge in [0.1, 0.15) is 77.9 Å². The summed E-state index contributed by atoms with van der Waals surface area (Å²) in [7, 11) is 0. The quantitative estimate of drug-likeness (QED) is 0.0930. The van der Waals surface area contributed by atoms with Crippen molar-refractivity contribution in [3.8, 4) is 34.3 Å². The number of carboxylic acid groups (broad SMARTS) is 1. The zero-order valence-corrected chi connectivity index (χ0v) is 24.9. The minimum atomic E-state index is -2.03. The summed E-state index contributed by atoms with van der Waals surface area (Å²) in [6.45, 7) is 0.529. The van der Waals surface area contributed by atoms with E-state index in [0.29, 0.717) is 0 Å². The highest BCUT2D eigenvalue weighted by Crippen LogP contribution is 2.38. The molecular formula is C30H32O18. The van der Waals surface area contributed by atoms with Crippen LogP contribution in [0.3, 0.4) is 0 Å². The molecule has 0 radical (unpaired) electrons. The fourth-order valence-electron chi connectivity index (χ4n) is 5.21. The first kappa shape index (κ1) is 34.8. The highest BCUT2D eigenvalue weighted by molar-refractivity contribution is 5.90. The van der Waals surface area contributed by atoms with Gasteiger partial charge in [0.05, 0.1) is 6.10 Å². The van der Waals surface area contributed by atoms with Crippen LogP contribution < -0.4 is 10.2 Å². The number of aliphatic carboxylic acids is 1. The molecule has 5 rings (SSSR count). The first-order valence-electron chi connectivity index (χ1n) is 14.4. The molecule has 0 spiro atoms. The standard InChI is InChI=1S/C30H32O18/c1-10-20(37)23(40)25(42)29(44-10)48-28-24(41)21(38)16(9-43-18(36)8-17(34)35)46-30(28)47-27-22(39)19-14(33)6-13(32)7-15(19)45-26(27)11-2-4-12(31)5-3-11/h2-7,10,16,20-21,23-25,28-33,37-38,40-42H,8-9H2,1H3,(H,34,35)/t10-,16-,20-,21+,23+,24-,25+,28+,29+,30-/m0/s1. The summed E-state index contributed by atoms with van der Waals surface area (Å²) in [6, 6.07) is 7.05. The van der Waals surface area contributed by atoms with Crippen LogP contribution in [0.4, 0.5) is 0 Å². The Morgan fingerprint density at radius 2 is 1.52 bits per heavy atom. The van der Waals surface area contributed by atoms with E-state index in [2.05, 4.69) is 0 Å². The van der Waals surface area contributed by atoms with Crippen molar-refractivity contribution in [1.29, 1.82) is 0 Å². The number of aromatic hydroxyl groups is 3. The second-order valence-corrected chi connectivity index (χ2v) is 11.2. The first-order valence-corrected chi connectivity index (χ1v) is 14.4. The van der Waals surface area contributed by atoms with Gasteiger partial charge in [-0.15, -0.1) is 0 Å². The van der Waals surface area contributed by atoms with Crippen LogP contribution in [0.15, 0.2) is 45.6 Å². The van der Waals surface area contributed by atoms with E-state index in [1.807, 2.05) is 0 Å². The lowest BCUT2D eigenvalue weighted by Gasteiger charge is -2.45. The normalized spacial score (nSPS) is 30.5. The topological polar surface area (TPSA) is 293 Å². The number of rotatable bonds is 9. The summed E-state index contributed by atoms with van der Waals surface area (Å²) < 4.78 is 33.6. The third kappa shape index (κ3) is 7.00. The molecular weight excluding hydrogens is 648 g/mol. The smallest absolute Gasteiger partial charge is 0.317 e. The Kier molecular flexibility index (Phi) is 10.1. The molecule has 0 bridgehead atoms. The molecule has 3 heterocycles. The average Bonchev–Trinajstić information content (AvgIpc) is 3.02. The van der Waals surface area contributed by atoms with Gasteiger partial charge >= 0.3 is 11.9 Å². The molecule has 260 valence electrons. The van der Waals surface area contributed by atoms with Gasteiger partial charge in [-0.3, -0.25) is 14.4 Å². The molecule has 0 aliphatic carbocycles. The molecule has 2 fully saturated rings. The van der Waals surface area contributed by atoms with Crippen LogP contribution in [0, 0.1) is 0 Å². The van der Waals surface area contributed by atoms with Gasteiger partial charge in [0.25, 0.3) is 0 Å². The van der Waals surface area contributed by atoms with Gasteiger partial charge in [-0.2, -0.15) is 0 Å². The fraction of sp³-hybridized carbons (Fsp3) is 0.433. The van der Waals surface area contributed by atoms with Crippen LogP contribution in [0.1, 0.15) is 13.3 Å². The van der Waals surface area contributed by atoms with Crippen LogP contribution in [0.2, 0.25) is 0 Å². The molecule has 2 aromatic carbocycles. The van der Waals surface area contributed by atoms with E-state index in [-0.39, 0.29) is 22.7 Å². The SMILES string of the molecule is C[C@@H]1O[C@H](O[C@H]2[C@H](Oc3c(-c4ccc(O)cc4)oc4cc(O)cc(O)c4c3=O)O[C@@H](COC(=O)CC(=O)O)[C@@H](O)[C@@H]2O)[C@H](O)[C@H](O)[C@H]1O. The maximum Gasteiger partial charge on any atom is 0.317 e. The van der Waals surface area contributed by atoms with Crippen molar-refractivity contribution in [3.63, 3.8) is 0 Å². The predicted molar refractivity (Wildman–Crippen MR) is 155 cm³/mol. The second-order valence-electron chi connectivity index (χ2n) is 11.2. The van der Waals surface area contributed by atoms with E-state index in [1.54, 1.807) is 0 Å². The van der Waals surface area contributed by atoms with Crippen molar-refractivity contribution >= 4 is 22.9 Å². The van der Waals surface area contributed by atoms with Gasteiger partial charge < -0.3 is 74.1 Å². The number of hydrogen-bond acceptors (Lipinski definition) is 17. The summed E-state index contributed by atoms with van der Waals surface area (Å²) >= 11 is 0. The molecule has 0 saturated carbocycles. The molecule has 10 atom stereocenters. The van der Waals surface area contributed by atoms with E-state index in [4.69, 9.17) is 33.2 Å². The number of benzene rings is 2. The Bertz CT molecular complexity index is 1700. The van der Waals surface area contributed by atoms with E-state index in [9.17, 15) is 55.2 Å². The average molecular weight is 681 g/mol. The van der Waals surface area contributed by atoms with Crippen LogP contribution in [0.5, 0.6) is 23.0 Å². The summed E-state index contributed by atoms with van der Waals surface area (Å²) in [4.78, 5) is 36.7. The number of carbonyl (C=O) groups excluding carboxylic acids is 1. The van der Waals surface area contributed by atoms with Crippen LogP contribution in [0.25, 0.3) is 22.3 Å². The number of aliphatic hydroxyl groups is 5. The number of carbonyl (C=O) groups is 2. The lowest BCUT2D eigenvalue weighted by molar-refractivity contribution is -0.354. The third-order valence-corrected chi connectivity index (χ3v) is 7.73. The largest absolute Gasteiger partial charge is 0.508 e. The van der Waals surface area contributed by atoms with E-state index in [0.717, 1.165) is 12.1 Å². The summed E-state index contributed by atoms with van der Waals surface area (Å²) in [6.07, 6.45) is -18.6. The van der Waals surface area contributed by atoms with Crippen LogP contribution >= 0.6 is 0 Å². The van der Waals surface area contributed by atoms with Crippen LogP contribution in [-0.2, 0) is 28.5 Å². The fourth-order valence-corrected chi connectivity index (χ4v) is 5.21. The molecule has 9 N–H and O–H groups in total. The zero-order valence-electron chi connectivity index (χ0n) is 24.9. The molecule has 18 nitrogen and oxygen atoms in total. The minimum absolute atomic E-state index is 0.120. The Hall–Kier alpha value is -4.53. The number of carboxylic acids is 1. The van der Waals surface area contributed by atoms with Gasteiger partial charge in [-0.25, -0.2) is 0 Å². The Morgan fingerprint density at radius 1 is 0.833 bits per heavy atom. The van der Waals surface area contributed by atoms with Gasteiger partial charge in [0, 0.05) is 17.7 Å². The number of esters is 1. The van der Waals surface area contributed by atoms with Crippen molar-refractivity contribution in [1.82, 2.24) is 0 Å². The molecule has 3 aromatic rings. The number of fused-ring (bicyclic) bond motifs is 1. The van der Waals surface area contributed by atoms with Gasteiger partial charge in [-0.05, 0) is 31.2 Å². The Morgan fingerprint density at radius 3 is 2.19 bits per heavy atom. The second kappa shape index (κ2) is 13.9. The highest BCUT2D eigenvalue weighted by Gasteiger charge is 2.51. The number of aliphatic hydroxyl groups excluding tert-OH is 5. The summed E-state index contributed by atoms with van der Waals surface area (Å²) in [5, 5.41) is 91.7. The molecule has 2 aliphatic rings. The van der Waals surface area contributed by atoms with Crippen LogP contribution in [-0.4, -0.2) is 126 Å². The maximum atomic E-state index is 13.9. The molecule has 1 aromatic heterocycles. The third-order valence-electron chi connectivity index (χ3n) is 7.73. The molecule has 0 amide bonds. The molecule has 2 saturated heterocycles. The van der Waals surface area contributed by atoms with Gasteiger partial charge in [0.2, 0.25) is 17.5 Å². The van der Waals surface area contributed by atoms with Crippen molar-refractivity contribution in [2.75, 3.05) is 6.61 Å². The van der Waals surface area contributed by atoms with E-state index >= 15 is 0 Å². The van der Waals surface area contributed by atoms with E-state index in [1.165, 1.54) is 31.2 Å². The lowest BCUT2D eigenvalue weighted by Crippen LogP contribution is -2.64. The number of phenolic OH excluding ortho intramolecular Hbond substituents is 3. The molecule has 18 heteroatoms. The van der Waals surface area contributed by atoms with E-state index < -0.39 is 114 Å². The van der Waals surface area contributed by atoms with Gasteiger partial charge in [-0.1, -0.05) is 0 Å². The van der Waals surface area contributed by atoms with Crippen molar-refractivity contribution < 1.29 is 83.6 Å². The number of hydrogen-bond donors (Lipinski definition) is 9. The monoisotopic (exact) mass is 680 g/mol. The Labute approximate surface area is 269 Å². The van der Waals surface area contributed by atoms with Gasteiger partial charge in [0.15, 0.2) is 18.2 Å². The lowest BCUT2D eigenvalue weighted by atomic mass is 9.97. The summed E-state index contributed by atoms with van der Waals surface area (Å²) in [5.41, 5.74) is -1.20. The minimum Gasteiger partial charge on any atom is -0.508 e. The molecule has 2 aliphatic heterocycles. The number of ether oxygens (including phenoxy) is 5. The summed E-state index contributed by atoms with van der Waals surface area (Å²) in [5.74, 6) is -5.08. The first-order chi connectivity index (χ1) is 22.7. The molecule has 0 unspecified atom stereocenters. The Balaban J connectivity index is 1.58. The molecule has 48 heavy (non-hydrogen) atoms. The maximum absolute atomic E-state index is 13.9. The van der Waals surface area contributed by atoms with Crippen molar-refractivity contribution in [2.24, 2.45) is 0 Å². The predicted octanol–water partition coefficient (Wildman–Crippen LogP) is -1.37. The number of phenols is 3. The van der Waals surface area contributed by atoms with Crippen molar-refractivity contribution in [3.05, 3.63) is 46.6 Å². The van der Waals surface area contributed by atoms with Crippen molar-refractivity contribution in [2.45, 2.75) is 74.8 Å². The highest BCUT2D eigenvalue weighted by atomic mass is 16.8.